The molecule has 17 heteroatoms. The molecule has 70 heavy (non-hydrogen) atoms. The minimum Gasteiger partial charge on any atom is -0.464 e. The molecule has 10 heterocycles. The van der Waals surface area contributed by atoms with E-state index >= 15 is 4.79 Å². The van der Waals surface area contributed by atoms with Crippen molar-refractivity contribution in [2.45, 2.75) is 141 Å². The number of hydrogen-bond donors (Lipinski definition) is 2. The van der Waals surface area contributed by atoms with Crippen LogP contribution in [-0.2, 0) is 55.8 Å². The van der Waals surface area contributed by atoms with Crippen LogP contribution >= 0.6 is 11.3 Å². The van der Waals surface area contributed by atoms with Gasteiger partial charge in [0.25, 0.3) is 11.8 Å². The van der Waals surface area contributed by atoms with Gasteiger partial charge in [-0.3, -0.25) is 29.3 Å². The SMILES string of the molecule is CO[C@@H](C)c1ncccc1-c1c2c3cc(ccc3n1CCO[C@H]1CCOC(C)(C)C1)-c1csc(n1)[C@@H](N1CC3(COC3)C1)[C@H](NC(=O)C13CC(C1)C(C)O3)C(=O)N1CCC[C@H](N1)C(=O)OCC(C)(C)C2. The molecule has 1 spiro atoms. The van der Waals surface area contributed by atoms with E-state index < -0.39 is 35.1 Å². The standard InChI is InChI=1S/C53H69N7O9S/c1-31-34-21-53(22-34,69-31)49(63)56-43-45(58-26-52(27-58)29-65-30-52)46-55-40(25-70-46)33-12-13-41-37(20-33)38(24-50(3,4)28-67-48(62)39-11-9-16-60(57-39)47(43)61)44(36-10-8-15-54-42(36)32(2)64-7)59(41)17-19-66-35-14-18-68-51(5,6)23-35/h8,10,12-13,15,20,25,31-32,34-35,39,43,45,57H,9,11,14,16-19,21-24,26-30H2,1-7H3,(H,56,63)/t31?,32-,34?,35-,39-,43-,45-,53?/m0/s1. The van der Waals surface area contributed by atoms with Crippen molar-refractivity contribution >= 4 is 40.0 Å². The molecule has 376 valence electrons. The second kappa shape index (κ2) is 18.3. The van der Waals surface area contributed by atoms with Crippen LogP contribution in [0.3, 0.4) is 0 Å². The Kier molecular flexibility index (Phi) is 12.5. The highest BCUT2D eigenvalue weighted by Crippen LogP contribution is 2.53. The first-order chi connectivity index (χ1) is 33.5. The van der Waals surface area contributed by atoms with Gasteiger partial charge in [0.2, 0.25) is 0 Å². The first-order valence-corrected chi connectivity index (χ1v) is 26.3. The lowest BCUT2D eigenvalue weighted by Crippen LogP contribution is -2.70. The lowest BCUT2D eigenvalue weighted by molar-refractivity contribution is -0.203. The molecule has 3 aromatic heterocycles. The zero-order chi connectivity index (χ0) is 48.7. The van der Waals surface area contributed by atoms with Gasteiger partial charge in [0, 0.05) is 90.8 Å². The van der Waals surface area contributed by atoms with Crippen molar-refractivity contribution in [2.24, 2.45) is 16.7 Å². The van der Waals surface area contributed by atoms with Crippen LogP contribution in [0.1, 0.15) is 108 Å². The summed E-state index contributed by atoms with van der Waals surface area (Å²) < 4.78 is 39.3. The van der Waals surface area contributed by atoms with Crippen molar-refractivity contribution in [3.63, 3.8) is 0 Å². The number of ether oxygens (including phenoxy) is 6. The van der Waals surface area contributed by atoms with E-state index in [1.165, 1.54) is 16.3 Å². The normalized spacial score (nSPS) is 30.8. The number of likely N-dealkylation sites (tertiary alicyclic amines) is 1. The van der Waals surface area contributed by atoms with Gasteiger partial charge in [0.15, 0.2) is 0 Å². The van der Waals surface area contributed by atoms with E-state index in [4.69, 9.17) is 38.4 Å². The van der Waals surface area contributed by atoms with Crippen LogP contribution in [0, 0.1) is 16.7 Å². The fourth-order valence-electron chi connectivity index (χ4n) is 12.3. The van der Waals surface area contributed by atoms with Crippen LogP contribution in [0.5, 0.6) is 0 Å². The Morgan fingerprint density at radius 3 is 2.61 bits per heavy atom. The number of hydrogen-bond acceptors (Lipinski definition) is 14. The third-order valence-electron chi connectivity index (χ3n) is 16.2. The molecule has 8 bridgehead atoms. The van der Waals surface area contributed by atoms with E-state index in [1.807, 2.05) is 26.1 Å². The van der Waals surface area contributed by atoms with Crippen molar-refractivity contribution in [1.29, 1.82) is 0 Å². The number of rotatable bonds is 10. The average molecular weight is 980 g/mol. The molecule has 6 atom stereocenters. The summed E-state index contributed by atoms with van der Waals surface area (Å²) in [4.78, 5) is 56.6. The van der Waals surface area contributed by atoms with Crippen LogP contribution < -0.4 is 10.7 Å². The molecule has 7 aliphatic heterocycles. The van der Waals surface area contributed by atoms with E-state index in [0.717, 1.165) is 62.5 Å². The highest BCUT2D eigenvalue weighted by molar-refractivity contribution is 7.10. The lowest BCUT2D eigenvalue weighted by atomic mass is 9.72. The first-order valence-electron chi connectivity index (χ1n) is 25.4. The summed E-state index contributed by atoms with van der Waals surface area (Å²) in [5, 5.41) is 8.65. The summed E-state index contributed by atoms with van der Waals surface area (Å²) in [6.07, 6.45) is 6.15. The molecule has 2 N–H and O–H groups in total. The lowest BCUT2D eigenvalue weighted by Gasteiger charge is -2.58. The van der Waals surface area contributed by atoms with Gasteiger partial charge < -0.3 is 38.3 Å². The zero-order valence-corrected chi connectivity index (χ0v) is 42.5. The number of thiazole rings is 1. The van der Waals surface area contributed by atoms with Gasteiger partial charge in [-0.15, -0.1) is 11.3 Å². The molecule has 1 saturated carbocycles. The number of nitrogens with one attached hydrogen (secondary N) is 2. The summed E-state index contributed by atoms with van der Waals surface area (Å²) in [5.74, 6) is -0.690. The van der Waals surface area contributed by atoms with E-state index in [9.17, 15) is 9.59 Å². The number of pyridine rings is 1. The summed E-state index contributed by atoms with van der Waals surface area (Å²) in [6, 6.07) is 8.28. The molecular formula is C53H69N7O9S. The fraction of sp³-hybridized carbons (Fsp3) is 0.642. The van der Waals surface area contributed by atoms with Gasteiger partial charge in [-0.2, -0.15) is 0 Å². The van der Waals surface area contributed by atoms with Gasteiger partial charge >= 0.3 is 5.97 Å². The summed E-state index contributed by atoms with van der Waals surface area (Å²) in [5.41, 5.74) is 8.20. The number of carbonyl (C=O) groups is 3. The Hall–Kier alpha value is -4.33. The summed E-state index contributed by atoms with van der Waals surface area (Å²) in [7, 11) is 1.71. The molecule has 8 aliphatic rings. The van der Waals surface area contributed by atoms with E-state index in [-0.39, 0.29) is 47.7 Å². The van der Waals surface area contributed by atoms with Crippen LogP contribution in [-0.4, -0.2) is 137 Å². The van der Waals surface area contributed by atoms with Crippen LogP contribution in [0.15, 0.2) is 41.9 Å². The van der Waals surface area contributed by atoms with Gasteiger partial charge in [-0.1, -0.05) is 19.9 Å². The van der Waals surface area contributed by atoms with Gasteiger partial charge in [0.1, 0.15) is 22.7 Å². The van der Waals surface area contributed by atoms with E-state index in [2.05, 4.69) is 77.6 Å². The smallest absolute Gasteiger partial charge is 0.324 e. The molecule has 12 rings (SSSR count). The maximum Gasteiger partial charge on any atom is 0.324 e. The highest BCUT2D eigenvalue weighted by Gasteiger charge is 2.62. The number of cyclic esters (lactones) is 1. The maximum absolute atomic E-state index is 15.2. The van der Waals surface area contributed by atoms with Crippen LogP contribution in [0.25, 0.3) is 33.4 Å². The Labute approximate surface area is 414 Å². The van der Waals surface area contributed by atoms with Crippen LogP contribution in [0.4, 0.5) is 0 Å². The quantitative estimate of drug-likeness (QED) is 0.164. The molecule has 16 nitrogen and oxygen atoms in total. The second-order valence-electron chi connectivity index (χ2n) is 22.7. The minimum absolute atomic E-state index is 0.00746. The third kappa shape index (κ3) is 8.79. The number of fused-ring (bicyclic) bond motifs is 7. The number of methoxy groups -OCH3 is 1. The number of amides is 2. The predicted octanol–water partition coefficient (Wildman–Crippen LogP) is 6.56. The Morgan fingerprint density at radius 2 is 1.89 bits per heavy atom. The third-order valence-corrected chi connectivity index (χ3v) is 17.1. The van der Waals surface area contributed by atoms with Crippen molar-refractivity contribution in [3.05, 3.63) is 58.2 Å². The van der Waals surface area contributed by atoms with Gasteiger partial charge in [-0.05, 0) is 102 Å². The van der Waals surface area contributed by atoms with Gasteiger partial charge in [0.05, 0.1) is 73.5 Å². The van der Waals surface area contributed by atoms with E-state index in [1.54, 1.807) is 7.11 Å². The topological polar surface area (TPSA) is 168 Å². The van der Waals surface area contributed by atoms with Crippen molar-refractivity contribution in [1.82, 2.24) is 35.2 Å². The molecule has 1 unspecified atom stereocenters. The Bertz CT molecular complexity index is 2650. The molecule has 2 amide bonds. The summed E-state index contributed by atoms with van der Waals surface area (Å²) >= 11 is 1.50. The minimum atomic E-state index is -1.03. The van der Waals surface area contributed by atoms with Crippen molar-refractivity contribution in [3.8, 4) is 22.5 Å². The predicted molar refractivity (Wildman–Crippen MR) is 263 cm³/mol. The Morgan fingerprint density at radius 1 is 1.07 bits per heavy atom. The zero-order valence-electron chi connectivity index (χ0n) is 41.7. The molecule has 4 aromatic rings. The summed E-state index contributed by atoms with van der Waals surface area (Å²) in [6.45, 7) is 17.5. The molecule has 0 radical (unpaired) electrons. The fourth-order valence-corrected chi connectivity index (χ4v) is 13.3. The molecular weight excluding hydrogens is 911 g/mol. The number of aromatic nitrogens is 3. The highest BCUT2D eigenvalue weighted by atomic mass is 32.1. The molecule has 6 saturated heterocycles. The van der Waals surface area contributed by atoms with Crippen molar-refractivity contribution < 1.29 is 42.8 Å². The van der Waals surface area contributed by atoms with Gasteiger partial charge in [-0.25, -0.2) is 10.4 Å². The number of benzene rings is 1. The molecule has 1 aliphatic carbocycles. The number of hydrazine groups is 1. The number of carbonyl (C=O) groups excluding carboxylic acids is 3. The monoisotopic (exact) mass is 979 g/mol. The average Bonchev–Trinajstić information content (AvgIpc) is 4.07. The van der Waals surface area contributed by atoms with E-state index in [0.29, 0.717) is 90.6 Å². The largest absolute Gasteiger partial charge is 0.464 e. The maximum atomic E-state index is 15.2. The van der Waals surface area contributed by atoms with Crippen LogP contribution in [0.2, 0.25) is 0 Å². The second-order valence-corrected chi connectivity index (χ2v) is 23.6. The Balaban J connectivity index is 1.04. The molecule has 7 fully saturated rings. The number of nitrogens with zero attached hydrogens (tertiary/aromatic N) is 5. The number of esters is 1. The first kappa shape index (κ1) is 48.0. The molecule has 1 aromatic carbocycles. The van der Waals surface area contributed by atoms with Crippen molar-refractivity contribution in [2.75, 3.05) is 59.8 Å².